The summed E-state index contributed by atoms with van der Waals surface area (Å²) in [5.74, 6) is 0. The summed E-state index contributed by atoms with van der Waals surface area (Å²) in [5.41, 5.74) is 0. The first-order valence-electron chi connectivity index (χ1n) is 7.34. The summed E-state index contributed by atoms with van der Waals surface area (Å²) < 4.78 is 5.23. The third-order valence-corrected chi connectivity index (χ3v) is 3.37. The van der Waals surface area contributed by atoms with Gasteiger partial charge in [0.05, 0.1) is 6.10 Å². The van der Waals surface area contributed by atoms with E-state index in [0.717, 1.165) is 0 Å². The van der Waals surface area contributed by atoms with E-state index in [0.29, 0.717) is 6.10 Å². The molecule has 98 valence electrons. The van der Waals surface area contributed by atoms with Crippen LogP contribution in [0.1, 0.15) is 84.5 Å². The Hall–Kier alpha value is -0.0400. The van der Waals surface area contributed by atoms with Crippen LogP contribution < -0.4 is 0 Å². The molecule has 1 atom stereocenters. The maximum absolute atomic E-state index is 5.23. The third kappa shape index (κ3) is 12.0. The number of ether oxygens (including phenoxy) is 1. The lowest BCUT2D eigenvalue weighted by Crippen LogP contribution is -2.03. The van der Waals surface area contributed by atoms with E-state index in [1.54, 1.807) is 7.11 Å². The Balaban J connectivity index is 2.93. The second kappa shape index (κ2) is 13.0. The maximum Gasteiger partial charge on any atom is 0.0543 e. The molecular weight excluding hydrogens is 196 g/mol. The molecule has 0 aliphatic carbocycles. The van der Waals surface area contributed by atoms with Gasteiger partial charge in [0.15, 0.2) is 0 Å². The van der Waals surface area contributed by atoms with Gasteiger partial charge in [0, 0.05) is 7.11 Å². The Bertz CT molecular complexity index is 123. The molecule has 0 fully saturated rings. The van der Waals surface area contributed by atoms with Crippen LogP contribution >= 0.6 is 0 Å². The molecule has 0 saturated heterocycles. The van der Waals surface area contributed by atoms with Crippen molar-refractivity contribution in [2.45, 2.75) is 90.6 Å². The number of hydrogen-bond donors (Lipinski definition) is 0. The highest BCUT2D eigenvalue weighted by atomic mass is 16.5. The summed E-state index contributed by atoms with van der Waals surface area (Å²) in [6.45, 7) is 4.44. The highest BCUT2D eigenvalue weighted by Gasteiger charge is 1.98. The zero-order valence-corrected chi connectivity index (χ0v) is 11.8. The highest BCUT2D eigenvalue weighted by Crippen LogP contribution is 2.12. The second-order valence-corrected chi connectivity index (χ2v) is 5.02. The molecule has 0 bridgehead atoms. The van der Waals surface area contributed by atoms with E-state index in [-0.39, 0.29) is 0 Å². The Morgan fingerprint density at radius 1 is 0.750 bits per heavy atom. The number of rotatable bonds is 12. The molecule has 0 heterocycles. The van der Waals surface area contributed by atoms with E-state index in [1.807, 2.05) is 0 Å². The van der Waals surface area contributed by atoms with Gasteiger partial charge in [-0.1, -0.05) is 71.1 Å². The number of methoxy groups -OCH3 is 1. The molecule has 16 heavy (non-hydrogen) atoms. The van der Waals surface area contributed by atoms with Crippen LogP contribution in [0.3, 0.4) is 0 Å². The van der Waals surface area contributed by atoms with Gasteiger partial charge in [0.1, 0.15) is 0 Å². The summed E-state index contributed by atoms with van der Waals surface area (Å²) in [7, 11) is 1.81. The van der Waals surface area contributed by atoms with Crippen LogP contribution in [0, 0.1) is 0 Å². The van der Waals surface area contributed by atoms with Gasteiger partial charge in [-0.2, -0.15) is 0 Å². The van der Waals surface area contributed by atoms with Gasteiger partial charge < -0.3 is 4.74 Å². The van der Waals surface area contributed by atoms with Crippen LogP contribution in [0.2, 0.25) is 0 Å². The van der Waals surface area contributed by atoms with E-state index >= 15 is 0 Å². The minimum absolute atomic E-state index is 0.453. The molecule has 0 aliphatic rings. The van der Waals surface area contributed by atoms with Gasteiger partial charge in [-0.25, -0.2) is 0 Å². The zero-order chi connectivity index (χ0) is 12.1. The average Bonchev–Trinajstić information content (AvgIpc) is 2.31. The van der Waals surface area contributed by atoms with Gasteiger partial charge in [0.25, 0.3) is 0 Å². The summed E-state index contributed by atoms with van der Waals surface area (Å²) in [6, 6.07) is 0. The standard InChI is InChI=1S/C15H32O/c1-4-5-6-7-8-9-10-11-12-13-14-15(2)16-3/h15H,4-14H2,1-3H3. The van der Waals surface area contributed by atoms with Gasteiger partial charge in [-0.15, -0.1) is 0 Å². The van der Waals surface area contributed by atoms with Crippen molar-refractivity contribution >= 4 is 0 Å². The Labute approximate surface area is 103 Å². The van der Waals surface area contributed by atoms with Crippen molar-refractivity contribution in [3.05, 3.63) is 0 Å². The molecule has 1 heteroatoms. The summed E-state index contributed by atoms with van der Waals surface area (Å²) >= 11 is 0. The smallest absolute Gasteiger partial charge is 0.0543 e. The predicted molar refractivity (Wildman–Crippen MR) is 72.9 cm³/mol. The van der Waals surface area contributed by atoms with Crippen molar-refractivity contribution in [3.8, 4) is 0 Å². The third-order valence-electron chi connectivity index (χ3n) is 3.37. The minimum atomic E-state index is 0.453. The van der Waals surface area contributed by atoms with Crippen LogP contribution in [0.15, 0.2) is 0 Å². The number of unbranched alkanes of at least 4 members (excludes halogenated alkanes) is 9. The van der Waals surface area contributed by atoms with Crippen molar-refractivity contribution in [1.29, 1.82) is 0 Å². The average molecular weight is 228 g/mol. The fourth-order valence-corrected chi connectivity index (χ4v) is 2.04. The van der Waals surface area contributed by atoms with Crippen molar-refractivity contribution in [2.75, 3.05) is 7.11 Å². The predicted octanol–water partition coefficient (Wildman–Crippen LogP) is 5.33. The van der Waals surface area contributed by atoms with E-state index in [1.165, 1.54) is 70.6 Å². The van der Waals surface area contributed by atoms with Crippen LogP contribution in [0.5, 0.6) is 0 Å². The molecule has 0 aromatic rings. The lowest BCUT2D eigenvalue weighted by Gasteiger charge is -2.08. The normalized spacial score (nSPS) is 12.9. The fraction of sp³-hybridized carbons (Fsp3) is 1.00. The van der Waals surface area contributed by atoms with E-state index in [2.05, 4.69) is 13.8 Å². The maximum atomic E-state index is 5.23. The Kier molecular flexibility index (Phi) is 13.0. The van der Waals surface area contributed by atoms with Crippen LogP contribution in [0.25, 0.3) is 0 Å². The molecule has 1 nitrogen and oxygen atoms in total. The molecular formula is C15H32O. The van der Waals surface area contributed by atoms with Gasteiger partial charge in [-0.05, 0) is 13.3 Å². The molecule has 0 aromatic heterocycles. The lowest BCUT2D eigenvalue weighted by molar-refractivity contribution is 0.108. The lowest BCUT2D eigenvalue weighted by atomic mass is 10.1. The van der Waals surface area contributed by atoms with Gasteiger partial charge in [-0.3, -0.25) is 0 Å². The van der Waals surface area contributed by atoms with Crippen LogP contribution in [-0.4, -0.2) is 13.2 Å². The molecule has 1 unspecified atom stereocenters. The molecule has 0 saturated carbocycles. The van der Waals surface area contributed by atoms with Crippen molar-refractivity contribution < 1.29 is 4.74 Å². The van der Waals surface area contributed by atoms with Crippen LogP contribution in [0.4, 0.5) is 0 Å². The van der Waals surface area contributed by atoms with Crippen molar-refractivity contribution in [3.63, 3.8) is 0 Å². The first kappa shape index (κ1) is 16.0. The molecule has 0 aromatic carbocycles. The van der Waals surface area contributed by atoms with E-state index < -0.39 is 0 Å². The minimum Gasteiger partial charge on any atom is -0.382 e. The summed E-state index contributed by atoms with van der Waals surface area (Å²) in [6.07, 6.45) is 15.9. The van der Waals surface area contributed by atoms with Gasteiger partial charge in [0.2, 0.25) is 0 Å². The highest BCUT2D eigenvalue weighted by molar-refractivity contribution is 4.51. The summed E-state index contributed by atoms with van der Waals surface area (Å²) in [4.78, 5) is 0. The summed E-state index contributed by atoms with van der Waals surface area (Å²) in [5, 5.41) is 0. The first-order valence-corrected chi connectivity index (χ1v) is 7.34. The molecule has 0 spiro atoms. The van der Waals surface area contributed by atoms with Crippen LogP contribution in [-0.2, 0) is 4.74 Å². The quantitative estimate of drug-likeness (QED) is 0.410. The zero-order valence-electron chi connectivity index (χ0n) is 11.8. The Morgan fingerprint density at radius 3 is 1.62 bits per heavy atom. The Morgan fingerprint density at radius 2 is 1.19 bits per heavy atom. The SMILES string of the molecule is CCCCCCCCCCCCC(C)OC. The first-order chi connectivity index (χ1) is 7.81. The second-order valence-electron chi connectivity index (χ2n) is 5.02. The fourth-order valence-electron chi connectivity index (χ4n) is 2.04. The van der Waals surface area contributed by atoms with E-state index in [4.69, 9.17) is 4.74 Å². The molecule has 0 rings (SSSR count). The topological polar surface area (TPSA) is 9.23 Å². The molecule has 0 radical (unpaired) electrons. The number of hydrogen-bond acceptors (Lipinski definition) is 1. The molecule has 0 amide bonds. The van der Waals surface area contributed by atoms with Crippen molar-refractivity contribution in [2.24, 2.45) is 0 Å². The van der Waals surface area contributed by atoms with E-state index in [9.17, 15) is 0 Å². The monoisotopic (exact) mass is 228 g/mol. The van der Waals surface area contributed by atoms with Crippen molar-refractivity contribution in [1.82, 2.24) is 0 Å². The largest absolute Gasteiger partial charge is 0.382 e. The van der Waals surface area contributed by atoms with Gasteiger partial charge >= 0.3 is 0 Å². The molecule has 0 N–H and O–H groups in total. The molecule has 0 aliphatic heterocycles.